The number of hydrogen-bond acceptors (Lipinski definition) is 14. The zero-order valence-corrected chi connectivity index (χ0v) is 42.1. The molecule has 0 spiro atoms. The highest BCUT2D eigenvalue weighted by atomic mass is 16.4. The Balaban J connectivity index is 1.54. The zero-order chi connectivity index (χ0) is 52.8. The number of allylic oxidation sites excluding steroid dienone is 8. The Morgan fingerprint density at radius 2 is 1.18 bits per heavy atom. The first kappa shape index (κ1) is 58.5. The Bertz CT molecular complexity index is 2290. The van der Waals surface area contributed by atoms with E-state index in [-0.39, 0.29) is 5.91 Å². The van der Waals surface area contributed by atoms with Gasteiger partial charge < -0.3 is 71.9 Å². The third-order valence-electron chi connectivity index (χ3n) is 13.3. The van der Waals surface area contributed by atoms with E-state index in [9.17, 15) is 55.2 Å². The summed E-state index contributed by atoms with van der Waals surface area (Å²) in [5.41, 5.74) is 5.33. The molecule has 2 aromatic carbocycles. The average Bonchev–Trinajstić information content (AvgIpc) is 3.70. The van der Waals surface area contributed by atoms with Gasteiger partial charge in [0.2, 0.25) is 11.6 Å². The van der Waals surface area contributed by atoms with Crippen LogP contribution < -0.4 is 20.9 Å². The molecule has 18 heteroatoms. The molecule has 2 heterocycles. The summed E-state index contributed by atoms with van der Waals surface area (Å²) in [4.78, 5) is 40.7. The molecule has 18 nitrogen and oxygen atoms in total. The Labute approximate surface area is 417 Å². The van der Waals surface area contributed by atoms with E-state index in [0.29, 0.717) is 30.0 Å². The molecule has 3 amide bonds. The molecule has 0 saturated carbocycles. The Kier molecular flexibility index (Phi) is 21.8. The molecule has 0 fully saturated rings. The van der Waals surface area contributed by atoms with Crippen LogP contribution in [0.2, 0.25) is 0 Å². The largest absolute Gasteiger partial charge is 0.394 e. The van der Waals surface area contributed by atoms with Crippen LogP contribution in [0.4, 0.5) is 11.4 Å². The standard InChI is InChI=1S/C53H77N5O13/c1-32(2)23-25-58-38-22-20-34(51(71)56-29-40(62)47(67)49(69)42(64)31-60)27-36(38)53(5,6)44(58)17-13-10-8-9-12-16-43-52(3,4)35-26-33(50(70)55-28-39(61)46(66)48(68)41(63)30-59)19-21-37(35)57(43)24-15-11-14-18-45(65)54-7/h8-10,12-13,16-17,19-22,26-27,32,39-42,46-49,59-64,66-69H,11,14-15,18,23-25,28-31H2,1-7H3,(H2-,54,55,56,65,70,71)/p+1. The van der Waals surface area contributed by atoms with Crippen LogP contribution in [0.3, 0.4) is 0 Å². The highest BCUT2D eigenvalue weighted by molar-refractivity contribution is 6.04. The number of aliphatic hydroxyl groups excluding tert-OH is 10. The van der Waals surface area contributed by atoms with Crippen LogP contribution in [-0.2, 0) is 15.6 Å². The molecular formula is C53H78N5O13+. The van der Waals surface area contributed by atoms with Crippen molar-refractivity contribution in [3.63, 3.8) is 0 Å². The predicted octanol–water partition coefficient (Wildman–Crippen LogP) is 1.10. The molecule has 0 aromatic heterocycles. The molecule has 0 radical (unpaired) electrons. The number of hydrogen-bond donors (Lipinski definition) is 13. The summed E-state index contributed by atoms with van der Waals surface area (Å²) < 4.78 is 2.22. The van der Waals surface area contributed by atoms with Crippen LogP contribution in [0.5, 0.6) is 0 Å². The van der Waals surface area contributed by atoms with Crippen molar-refractivity contribution < 1.29 is 70.0 Å². The molecule has 392 valence electrons. The van der Waals surface area contributed by atoms with Crippen LogP contribution in [0.15, 0.2) is 84.6 Å². The second-order valence-corrected chi connectivity index (χ2v) is 19.8. The minimum atomic E-state index is -1.82. The van der Waals surface area contributed by atoms with E-state index >= 15 is 0 Å². The summed E-state index contributed by atoms with van der Waals surface area (Å²) in [6, 6.07) is 10.8. The molecule has 8 atom stereocenters. The van der Waals surface area contributed by atoms with Crippen LogP contribution in [0.1, 0.15) is 105 Å². The van der Waals surface area contributed by atoms with Gasteiger partial charge in [0.25, 0.3) is 11.8 Å². The lowest BCUT2D eigenvalue weighted by molar-refractivity contribution is -0.438. The SMILES string of the molecule is CNC(=O)CCCCC[N+]1=C(C=CC=CC=CC=C2N(CCC(C)C)c3ccc(C(=O)NCC(O)C(O)C(O)C(O)CO)cc3C2(C)C)C(C)(C)c2cc(C(=O)NCC(O)C(O)C(O)C(O)CO)ccc21. The van der Waals surface area contributed by atoms with Gasteiger partial charge in [0.05, 0.1) is 30.8 Å². The van der Waals surface area contributed by atoms with Crippen LogP contribution in [0.25, 0.3) is 0 Å². The summed E-state index contributed by atoms with van der Waals surface area (Å²) in [5.74, 6) is -0.595. The number of aliphatic hydroxyl groups is 10. The smallest absolute Gasteiger partial charge is 0.251 e. The van der Waals surface area contributed by atoms with E-state index in [0.717, 1.165) is 66.1 Å². The first-order chi connectivity index (χ1) is 33.5. The lowest BCUT2D eigenvalue weighted by Gasteiger charge is -2.27. The normalized spacial score (nSPS) is 19.2. The highest BCUT2D eigenvalue weighted by Gasteiger charge is 2.45. The van der Waals surface area contributed by atoms with Crippen molar-refractivity contribution in [1.29, 1.82) is 0 Å². The van der Waals surface area contributed by atoms with Gasteiger partial charge in [-0.15, -0.1) is 0 Å². The van der Waals surface area contributed by atoms with E-state index in [1.165, 1.54) is 0 Å². The van der Waals surface area contributed by atoms with Crippen LogP contribution >= 0.6 is 0 Å². The minimum Gasteiger partial charge on any atom is -0.394 e. The van der Waals surface area contributed by atoms with Crippen molar-refractivity contribution in [3.8, 4) is 0 Å². The van der Waals surface area contributed by atoms with Gasteiger partial charge in [0.1, 0.15) is 43.2 Å². The fourth-order valence-corrected chi connectivity index (χ4v) is 8.81. The van der Waals surface area contributed by atoms with Crippen molar-refractivity contribution in [2.45, 2.75) is 133 Å². The van der Waals surface area contributed by atoms with E-state index in [2.05, 4.69) is 73.0 Å². The number of anilines is 1. The number of nitrogens with zero attached hydrogens (tertiary/aromatic N) is 2. The number of unbranched alkanes of at least 4 members (excludes halogenated alkanes) is 2. The molecule has 71 heavy (non-hydrogen) atoms. The van der Waals surface area contributed by atoms with Gasteiger partial charge in [-0.05, 0) is 81.0 Å². The molecule has 0 saturated heterocycles. The molecule has 0 bridgehead atoms. The second-order valence-electron chi connectivity index (χ2n) is 19.8. The van der Waals surface area contributed by atoms with E-state index in [4.69, 9.17) is 10.2 Å². The lowest BCUT2D eigenvalue weighted by Crippen LogP contribution is -2.49. The van der Waals surface area contributed by atoms with Crippen LogP contribution in [-0.4, -0.2) is 174 Å². The maximum atomic E-state index is 13.3. The number of carbonyl (C=O) groups excluding carboxylic acids is 3. The van der Waals surface area contributed by atoms with Gasteiger partial charge in [0.15, 0.2) is 5.71 Å². The van der Waals surface area contributed by atoms with Crippen molar-refractivity contribution in [2.75, 3.05) is 51.3 Å². The number of nitrogens with one attached hydrogen (secondary N) is 3. The van der Waals surface area contributed by atoms with Crippen molar-refractivity contribution >= 4 is 34.8 Å². The Morgan fingerprint density at radius 1 is 0.662 bits per heavy atom. The summed E-state index contributed by atoms with van der Waals surface area (Å²) in [5, 5.41) is 106. The van der Waals surface area contributed by atoms with E-state index < -0.39 is 97.8 Å². The molecule has 0 aliphatic carbocycles. The maximum Gasteiger partial charge on any atom is 0.251 e. The summed E-state index contributed by atoms with van der Waals surface area (Å²) >= 11 is 0. The maximum absolute atomic E-state index is 13.3. The lowest BCUT2D eigenvalue weighted by atomic mass is 9.80. The van der Waals surface area contributed by atoms with Gasteiger partial charge in [0, 0.05) is 85.2 Å². The molecule has 2 aliphatic rings. The molecule has 4 rings (SSSR count). The Hall–Kier alpha value is -5.12. The van der Waals surface area contributed by atoms with Gasteiger partial charge in [-0.25, -0.2) is 0 Å². The number of rotatable bonds is 27. The number of carbonyl (C=O) groups is 3. The highest BCUT2D eigenvalue weighted by Crippen LogP contribution is 2.48. The van der Waals surface area contributed by atoms with E-state index in [1.54, 1.807) is 25.2 Å². The predicted molar refractivity (Wildman–Crippen MR) is 270 cm³/mol. The second kappa shape index (κ2) is 26.5. The zero-order valence-electron chi connectivity index (χ0n) is 42.1. The molecule has 2 aromatic rings. The topological polar surface area (TPSA) is 296 Å². The van der Waals surface area contributed by atoms with Gasteiger partial charge in [-0.3, -0.25) is 14.4 Å². The fraction of sp³-hybridized carbons (Fsp3) is 0.547. The first-order valence-electron chi connectivity index (χ1n) is 24.4. The van der Waals surface area contributed by atoms with Gasteiger partial charge in [-0.1, -0.05) is 58.1 Å². The van der Waals surface area contributed by atoms with Crippen LogP contribution in [0, 0.1) is 5.92 Å². The van der Waals surface area contributed by atoms with Crippen molar-refractivity contribution in [2.24, 2.45) is 5.92 Å². The molecule has 8 unspecified atom stereocenters. The third kappa shape index (κ3) is 14.7. The van der Waals surface area contributed by atoms with E-state index in [1.807, 2.05) is 54.7 Å². The molecule has 13 N–H and O–H groups in total. The molecular weight excluding hydrogens is 915 g/mol. The summed E-state index contributed by atoms with van der Waals surface area (Å²) in [6.45, 7) is 11.6. The summed E-state index contributed by atoms with van der Waals surface area (Å²) in [6.07, 6.45) is 3.76. The van der Waals surface area contributed by atoms with Gasteiger partial charge in [-0.2, -0.15) is 4.58 Å². The first-order valence-corrected chi connectivity index (χ1v) is 24.4. The number of amides is 3. The average molecular weight is 993 g/mol. The molecule has 2 aliphatic heterocycles. The quantitative estimate of drug-likeness (QED) is 0.0339. The Morgan fingerprint density at radius 3 is 1.73 bits per heavy atom. The van der Waals surface area contributed by atoms with Crippen molar-refractivity contribution in [3.05, 3.63) is 107 Å². The summed E-state index contributed by atoms with van der Waals surface area (Å²) in [7, 11) is 1.62. The number of benzene rings is 2. The third-order valence-corrected chi connectivity index (χ3v) is 13.3. The number of fused-ring (bicyclic) bond motifs is 2. The minimum absolute atomic E-state index is 0.00953. The fourth-order valence-electron chi connectivity index (χ4n) is 8.81. The van der Waals surface area contributed by atoms with Gasteiger partial charge >= 0.3 is 0 Å². The monoisotopic (exact) mass is 993 g/mol. The van der Waals surface area contributed by atoms with Crippen molar-refractivity contribution in [1.82, 2.24) is 16.0 Å².